The molecule has 2 rings (SSSR count). The molecule has 0 aliphatic heterocycles. The number of urea groups is 1. The van der Waals surface area contributed by atoms with Gasteiger partial charge in [-0.05, 0) is 43.2 Å². The molecule has 0 aromatic heterocycles. The maximum atomic E-state index is 12.1. The summed E-state index contributed by atoms with van der Waals surface area (Å²) < 4.78 is 4.82. The Balaban J connectivity index is 1.88. The molecule has 0 saturated heterocycles. The summed E-state index contributed by atoms with van der Waals surface area (Å²) in [4.78, 5) is 23.3. The Morgan fingerprint density at radius 2 is 1.76 bits per heavy atom. The number of hydrogen-bond donors (Lipinski definition) is 2. The number of rotatable bonds is 6. The molecule has 0 unspecified atom stereocenters. The van der Waals surface area contributed by atoms with E-state index in [1.165, 1.54) is 6.08 Å². The summed E-state index contributed by atoms with van der Waals surface area (Å²) in [5, 5.41) is 5.68. The number of hydrogen-bond acceptors (Lipinski definition) is 3. The zero-order valence-electron chi connectivity index (χ0n) is 14.4. The number of benzene rings is 2. The summed E-state index contributed by atoms with van der Waals surface area (Å²) in [5.74, 6) is -0.376. The quantitative estimate of drug-likeness (QED) is 0.614. The highest BCUT2D eigenvalue weighted by molar-refractivity contribution is 5.90. The van der Waals surface area contributed by atoms with Gasteiger partial charge in [-0.15, -0.1) is 0 Å². The molecular weight excluding hydrogens is 316 g/mol. The van der Waals surface area contributed by atoms with Gasteiger partial charge in [0.05, 0.1) is 12.6 Å². The van der Waals surface area contributed by atoms with Gasteiger partial charge >= 0.3 is 12.0 Å². The van der Waals surface area contributed by atoms with Crippen LogP contribution in [0.3, 0.4) is 0 Å². The van der Waals surface area contributed by atoms with Crippen LogP contribution in [0.4, 0.5) is 10.5 Å². The second kappa shape index (κ2) is 9.27. The highest BCUT2D eigenvalue weighted by atomic mass is 16.5. The first-order valence-electron chi connectivity index (χ1n) is 8.16. The Kier molecular flexibility index (Phi) is 6.77. The standard InChI is InChI=1S/C20H22N2O3/c1-3-25-19(23)14-11-16-9-12-18(13-10-16)22-20(24)21-15(2)17-7-5-4-6-8-17/h4-15H,3H2,1-2H3,(H2,21,22,24)/b14-11-/t15-/m1/s1. The summed E-state index contributed by atoms with van der Waals surface area (Å²) in [6.07, 6.45) is 3.04. The molecule has 0 radical (unpaired) electrons. The molecule has 0 aliphatic rings. The van der Waals surface area contributed by atoms with Crippen molar-refractivity contribution in [3.8, 4) is 0 Å². The Bertz CT molecular complexity index is 724. The summed E-state index contributed by atoms with van der Waals surface area (Å²) in [6.45, 7) is 4.04. The Labute approximate surface area is 147 Å². The molecule has 5 nitrogen and oxygen atoms in total. The lowest BCUT2D eigenvalue weighted by molar-refractivity contribution is -0.137. The molecule has 25 heavy (non-hydrogen) atoms. The molecule has 1 atom stereocenters. The van der Waals surface area contributed by atoms with Crippen molar-refractivity contribution < 1.29 is 14.3 Å². The lowest BCUT2D eigenvalue weighted by Crippen LogP contribution is -2.31. The fraction of sp³-hybridized carbons (Fsp3) is 0.200. The molecule has 0 spiro atoms. The Morgan fingerprint density at radius 3 is 2.40 bits per heavy atom. The highest BCUT2D eigenvalue weighted by Crippen LogP contribution is 2.13. The van der Waals surface area contributed by atoms with Crippen molar-refractivity contribution >= 4 is 23.8 Å². The fourth-order valence-electron chi connectivity index (χ4n) is 2.22. The van der Waals surface area contributed by atoms with E-state index < -0.39 is 0 Å². The number of ether oxygens (including phenoxy) is 1. The van der Waals surface area contributed by atoms with E-state index in [1.54, 1.807) is 25.1 Å². The number of amides is 2. The van der Waals surface area contributed by atoms with Crippen LogP contribution in [0, 0.1) is 0 Å². The molecule has 0 saturated carbocycles. The SMILES string of the molecule is CCOC(=O)/C=C\c1ccc(NC(=O)N[C@H](C)c2ccccc2)cc1. The van der Waals surface area contributed by atoms with Crippen LogP contribution >= 0.6 is 0 Å². The van der Waals surface area contributed by atoms with Gasteiger partial charge in [-0.1, -0.05) is 42.5 Å². The first-order valence-corrected chi connectivity index (χ1v) is 8.16. The normalized spacial score (nSPS) is 11.8. The van der Waals surface area contributed by atoms with Gasteiger partial charge < -0.3 is 15.4 Å². The third kappa shape index (κ3) is 6.14. The third-order valence-corrected chi connectivity index (χ3v) is 3.51. The van der Waals surface area contributed by atoms with Crippen molar-refractivity contribution in [2.75, 3.05) is 11.9 Å². The number of carbonyl (C=O) groups is 2. The molecule has 5 heteroatoms. The molecule has 2 N–H and O–H groups in total. The summed E-state index contributed by atoms with van der Waals surface area (Å²) in [6, 6.07) is 16.6. The van der Waals surface area contributed by atoms with Crippen LogP contribution in [0.2, 0.25) is 0 Å². The van der Waals surface area contributed by atoms with Crippen molar-refractivity contribution in [1.29, 1.82) is 0 Å². The second-order valence-electron chi connectivity index (χ2n) is 5.44. The van der Waals surface area contributed by atoms with Gasteiger partial charge in [0.1, 0.15) is 0 Å². The van der Waals surface area contributed by atoms with E-state index in [1.807, 2.05) is 49.4 Å². The van der Waals surface area contributed by atoms with Crippen LogP contribution in [0.5, 0.6) is 0 Å². The van der Waals surface area contributed by atoms with Crippen molar-refractivity contribution in [2.24, 2.45) is 0 Å². The van der Waals surface area contributed by atoms with Crippen molar-refractivity contribution in [2.45, 2.75) is 19.9 Å². The van der Waals surface area contributed by atoms with Crippen LogP contribution < -0.4 is 10.6 Å². The molecule has 0 bridgehead atoms. The minimum Gasteiger partial charge on any atom is -0.463 e. The van der Waals surface area contributed by atoms with Crippen LogP contribution in [0.15, 0.2) is 60.7 Å². The topological polar surface area (TPSA) is 67.4 Å². The largest absolute Gasteiger partial charge is 0.463 e. The number of esters is 1. The Hall–Kier alpha value is -3.08. The summed E-state index contributed by atoms with van der Waals surface area (Å²) in [7, 11) is 0. The van der Waals surface area contributed by atoms with Gasteiger partial charge in [-0.2, -0.15) is 0 Å². The lowest BCUT2D eigenvalue weighted by Gasteiger charge is -2.15. The van der Waals surface area contributed by atoms with Gasteiger partial charge in [0.2, 0.25) is 0 Å². The summed E-state index contributed by atoms with van der Waals surface area (Å²) in [5.41, 5.74) is 2.56. The van der Waals surface area contributed by atoms with E-state index in [9.17, 15) is 9.59 Å². The molecule has 0 aliphatic carbocycles. The number of nitrogens with one attached hydrogen (secondary N) is 2. The van der Waals surface area contributed by atoms with E-state index in [-0.39, 0.29) is 18.0 Å². The maximum Gasteiger partial charge on any atom is 0.330 e. The van der Waals surface area contributed by atoms with Crippen molar-refractivity contribution in [3.63, 3.8) is 0 Å². The van der Waals surface area contributed by atoms with Gasteiger partial charge in [-0.25, -0.2) is 9.59 Å². The van der Waals surface area contributed by atoms with E-state index in [0.29, 0.717) is 12.3 Å². The zero-order chi connectivity index (χ0) is 18.1. The van der Waals surface area contributed by atoms with E-state index in [4.69, 9.17) is 4.74 Å². The minimum atomic E-state index is -0.376. The average Bonchev–Trinajstić information content (AvgIpc) is 2.62. The second-order valence-corrected chi connectivity index (χ2v) is 5.44. The molecule has 2 aromatic rings. The van der Waals surface area contributed by atoms with Crippen molar-refractivity contribution in [3.05, 3.63) is 71.8 Å². The predicted octanol–water partition coefficient (Wildman–Crippen LogP) is 4.15. The molecule has 2 aromatic carbocycles. The van der Waals surface area contributed by atoms with Crippen LogP contribution in [-0.4, -0.2) is 18.6 Å². The third-order valence-electron chi connectivity index (χ3n) is 3.51. The van der Waals surface area contributed by atoms with Crippen LogP contribution in [0.25, 0.3) is 6.08 Å². The van der Waals surface area contributed by atoms with Gasteiger partial charge in [0.25, 0.3) is 0 Å². The van der Waals surface area contributed by atoms with Gasteiger partial charge in [0.15, 0.2) is 0 Å². The predicted molar refractivity (Wildman–Crippen MR) is 99.1 cm³/mol. The minimum absolute atomic E-state index is 0.0898. The van der Waals surface area contributed by atoms with Crippen molar-refractivity contribution in [1.82, 2.24) is 5.32 Å². The number of anilines is 1. The van der Waals surface area contributed by atoms with E-state index in [0.717, 1.165) is 11.1 Å². The smallest absolute Gasteiger partial charge is 0.330 e. The lowest BCUT2D eigenvalue weighted by atomic mass is 10.1. The van der Waals surface area contributed by atoms with E-state index >= 15 is 0 Å². The molecule has 130 valence electrons. The van der Waals surface area contributed by atoms with Gasteiger partial charge in [0, 0.05) is 11.8 Å². The molecule has 0 heterocycles. The van der Waals surface area contributed by atoms with E-state index in [2.05, 4.69) is 10.6 Å². The first kappa shape index (κ1) is 18.3. The summed E-state index contributed by atoms with van der Waals surface area (Å²) >= 11 is 0. The fourth-order valence-corrected chi connectivity index (χ4v) is 2.22. The maximum absolute atomic E-state index is 12.1. The van der Waals surface area contributed by atoms with Crippen LogP contribution in [-0.2, 0) is 9.53 Å². The number of carbonyl (C=O) groups excluding carboxylic acids is 2. The molecule has 0 fully saturated rings. The average molecular weight is 338 g/mol. The Morgan fingerprint density at radius 1 is 1.08 bits per heavy atom. The first-order chi connectivity index (χ1) is 12.1. The van der Waals surface area contributed by atoms with Gasteiger partial charge in [-0.3, -0.25) is 0 Å². The molecular formula is C20H22N2O3. The highest BCUT2D eigenvalue weighted by Gasteiger charge is 2.08. The monoisotopic (exact) mass is 338 g/mol. The molecule has 2 amide bonds. The zero-order valence-corrected chi connectivity index (χ0v) is 14.4. The van der Waals surface area contributed by atoms with Crippen LogP contribution in [0.1, 0.15) is 31.0 Å².